The molecule has 4 heteroatoms. The maximum atomic E-state index is 12.1. The second-order valence-corrected chi connectivity index (χ2v) is 5.48. The van der Waals surface area contributed by atoms with Crippen molar-refractivity contribution in [2.45, 2.75) is 33.3 Å². The summed E-state index contributed by atoms with van der Waals surface area (Å²) in [5.74, 6) is 0.835. The largest absolute Gasteiger partial charge is 0.483 e. The van der Waals surface area contributed by atoms with E-state index in [1.165, 1.54) is 5.56 Å². The number of carbonyl (C=O) groups excluding carboxylic acids is 1. The van der Waals surface area contributed by atoms with Gasteiger partial charge in [-0.3, -0.25) is 4.79 Å². The van der Waals surface area contributed by atoms with Crippen molar-refractivity contribution in [3.63, 3.8) is 0 Å². The summed E-state index contributed by atoms with van der Waals surface area (Å²) in [5, 5.41) is 0. The molecular weight excluding hydrogens is 254 g/mol. The summed E-state index contributed by atoms with van der Waals surface area (Å²) >= 11 is 0. The highest BCUT2D eigenvalue weighted by atomic mass is 16.5. The van der Waals surface area contributed by atoms with E-state index in [0.717, 1.165) is 29.8 Å². The zero-order chi connectivity index (χ0) is 14.7. The van der Waals surface area contributed by atoms with Gasteiger partial charge in [-0.1, -0.05) is 6.07 Å². The lowest BCUT2D eigenvalue weighted by molar-refractivity contribution is -0.132. The molecule has 110 valence electrons. The van der Waals surface area contributed by atoms with Crippen LogP contribution in [0, 0.1) is 20.8 Å². The number of aryl methyl sites for hydroxylation is 2. The number of ether oxygens (including phenoxy) is 2. The van der Waals surface area contributed by atoms with E-state index in [4.69, 9.17) is 9.47 Å². The van der Waals surface area contributed by atoms with E-state index in [9.17, 15) is 4.79 Å². The molecule has 0 aliphatic carbocycles. The van der Waals surface area contributed by atoms with Gasteiger partial charge in [-0.05, 0) is 49.9 Å². The first kappa shape index (κ1) is 14.9. The molecule has 1 aromatic carbocycles. The quantitative estimate of drug-likeness (QED) is 0.847. The number of carbonyl (C=O) groups is 1. The van der Waals surface area contributed by atoms with Crippen molar-refractivity contribution in [2.24, 2.45) is 0 Å². The molecule has 1 aromatic rings. The van der Waals surface area contributed by atoms with E-state index in [1.54, 1.807) is 7.11 Å². The molecule has 0 radical (unpaired) electrons. The Morgan fingerprint density at radius 3 is 2.75 bits per heavy atom. The van der Waals surface area contributed by atoms with Gasteiger partial charge in [-0.2, -0.15) is 0 Å². The second-order valence-electron chi connectivity index (χ2n) is 5.48. The summed E-state index contributed by atoms with van der Waals surface area (Å²) in [4.78, 5) is 13.9. The Labute approximate surface area is 120 Å². The molecule has 0 bridgehead atoms. The van der Waals surface area contributed by atoms with Crippen LogP contribution in [0.3, 0.4) is 0 Å². The van der Waals surface area contributed by atoms with Crippen LogP contribution in [0.1, 0.15) is 23.1 Å². The third kappa shape index (κ3) is 3.31. The standard InChI is InChI=1S/C16H23NO3/c1-11-7-12(2)13(3)15(8-11)20-10-16(18)17-6-5-14(9-17)19-4/h7-8,14H,5-6,9-10H2,1-4H3. The van der Waals surface area contributed by atoms with Crippen LogP contribution >= 0.6 is 0 Å². The lowest BCUT2D eigenvalue weighted by Crippen LogP contribution is -2.34. The van der Waals surface area contributed by atoms with Crippen molar-refractivity contribution < 1.29 is 14.3 Å². The first-order valence-electron chi connectivity index (χ1n) is 7.02. The lowest BCUT2D eigenvalue weighted by atomic mass is 10.1. The van der Waals surface area contributed by atoms with Crippen LogP contribution in [0.4, 0.5) is 0 Å². The fourth-order valence-electron chi connectivity index (χ4n) is 2.53. The molecule has 0 N–H and O–H groups in total. The van der Waals surface area contributed by atoms with Crippen LogP contribution in [0.5, 0.6) is 5.75 Å². The van der Waals surface area contributed by atoms with E-state index in [0.29, 0.717) is 6.54 Å². The maximum Gasteiger partial charge on any atom is 0.260 e. The Kier molecular flexibility index (Phi) is 4.65. The van der Waals surface area contributed by atoms with Crippen LogP contribution < -0.4 is 4.74 Å². The van der Waals surface area contributed by atoms with Gasteiger partial charge < -0.3 is 14.4 Å². The molecule has 20 heavy (non-hydrogen) atoms. The summed E-state index contributed by atoms with van der Waals surface area (Å²) < 4.78 is 11.0. The predicted molar refractivity (Wildman–Crippen MR) is 78.1 cm³/mol. The van der Waals surface area contributed by atoms with Crippen LogP contribution in [-0.2, 0) is 9.53 Å². The molecule has 0 saturated carbocycles. The summed E-state index contributed by atoms with van der Waals surface area (Å²) in [7, 11) is 1.69. The number of benzene rings is 1. The highest BCUT2D eigenvalue weighted by Crippen LogP contribution is 2.23. The molecule has 1 fully saturated rings. The van der Waals surface area contributed by atoms with Gasteiger partial charge in [-0.25, -0.2) is 0 Å². The maximum absolute atomic E-state index is 12.1. The molecule has 2 rings (SSSR count). The lowest BCUT2D eigenvalue weighted by Gasteiger charge is -2.17. The molecule has 1 aliphatic heterocycles. The molecule has 1 aliphatic rings. The molecule has 1 saturated heterocycles. The minimum Gasteiger partial charge on any atom is -0.483 e. The van der Waals surface area contributed by atoms with Gasteiger partial charge in [0.15, 0.2) is 6.61 Å². The van der Waals surface area contributed by atoms with Gasteiger partial charge in [0.1, 0.15) is 5.75 Å². The summed E-state index contributed by atoms with van der Waals surface area (Å²) in [6, 6.07) is 4.10. The van der Waals surface area contributed by atoms with Crippen molar-refractivity contribution in [1.29, 1.82) is 0 Å². The molecular formula is C16H23NO3. The summed E-state index contributed by atoms with van der Waals surface area (Å²) in [6.07, 6.45) is 1.08. The zero-order valence-corrected chi connectivity index (χ0v) is 12.7. The van der Waals surface area contributed by atoms with Crippen LogP contribution in [-0.4, -0.2) is 43.7 Å². The third-order valence-electron chi connectivity index (χ3n) is 3.95. The minimum absolute atomic E-state index is 0.0307. The minimum atomic E-state index is 0.0307. The fraction of sp³-hybridized carbons (Fsp3) is 0.562. The monoisotopic (exact) mass is 277 g/mol. The Hall–Kier alpha value is -1.55. The van der Waals surface area contributed by atoms with Gasteiger partial charge >= 0.3 is 0 Å². The van der Waals surface area contributed by atoms with Gasteiger partial charge in [0, 0.05) is 20.2 Å². The molecule has 1 heterocycles. The zero-order valence-electron chi connectivity index (χ0n) is 12.7. The molecule has 1 amide bonds. The van der Waals surface area contributed by atoms with Crippen molar-refractivity contribution in [1.82, 2.24) is 4.90 Å². The SMILES string of the molecule is COC1CCN(C(=O)COc2cc(C)cc(C)c2C)C1. The Morgan fingerprint density at radius 2 is 2.10 bits per heavy atom. The van der Waals surface area contributed by atoms with Crippen LogP contribution in [0.2, 0.25) is 0 Å². The molecule has 1 unspecified atom stereocenters. The Balaban J connectivity index is 1.94. The van der Waals surface area contributed by atoms with E-state index in [-0.39, 0.29) is 18.6 Å². The second kappa shape index (κ2) is 6.27. The Morgan fingerprint density at radius 1 is 1.35 bits per heavy atom. The van der Waals surface area contributed by atoms with Crippen molar-refractivity contribution in [2.75, 3.05) is 26.8 Å². The van der Waals surface area contributed by atoms with Crippen LogP contribution in [0.25, 0.3) is 0 Å². The number of rotatable bonds is 4. The fourth-order valence-corrected chi connectivity index (χ4v) is 2.53. The number of likely N-dealkylation sites (tertiary alicyclic amines) is 1. The molecule has 4 nitrogen and oxygen atoms in total. The highest BCUT2D eigenvalue weighted by molar-refractivity contribution is 5.78. The van der Waals surface area contributed by atoms with Crippen LogP contribution in [0.15, 0.2) is 12.1 Å². The Bertz CT molecular complexity index is 499. The van der Waals surface area contributed by atoms with Crippen molar-refractivity contribution >= 4 is 5.91 Å². The average Bonchev–Trinajstić information content (AvgIpc) is 2.89. The highest BCUT2D eigenvalue weighted by Gasteiger charge is 2.26. The summed E-state index contributed by atoms with van der Waals surface area (Å²) in [5.41, 5.74) is 3.43. The predicted octanol–water partition coefficient (Wildman–Crippen LogP) is 2.24. The van der Waals surface area contributed by atoms with Gasteiger partial charge in [0.2, 0.25) is 0 Å². The van der Waals surface area contributed by atoms with Crippen molar-refractivity contribution in [3.8, 4) is 5.75 Å². The van der Waals surface area contributed by atoms with Crippen molar-refractivity contribution in [3.05, 3.63) is 28.8 Å². The number of amides is 1. The van der Waals surface area contributed by atoms with E-state index in [2.05, 4.69) is 13.0 Å². The number of hydrogen-bond donors (Lipinski definition) is 0. The average molecular weight is 277 g/mol. The number of methoxy groups -OCH3 is 1. The van der Waals surface area contributed by atoms with E-state index in [1.807, 2.05) is 24.8 Å². The summed E-state index contributed by atoms with van der Waals surface area (Å²) in [6.45, 7) is 7.63. The number of nitrogens with zero attached hydrogens (tertiary/aromatic N) is 1. The topological polar surface area (TPSA) is 38.8 Å². The van der Waals surface area contributed by atoms with E-state index >= 15 is 0 Å². The van der Waals surface area contributed by atoms with Gasteiger partial charge in [-0.15, -0.1) is 0 Å². The van der Waals surface area contributed by atoms with Gasteiger partial charge in [0.25, 0.3) is 5.91 Å². The molecule has 0 spiro atoms. The molecule has 1 atom stereocenters. The third-order valence-corrected chi connectivity index (χ3v) is 3.95. The molecule has 0 aromatic heterocycles. The smallest absolute Gasteiger partial charge is 0.260 e. The first-order valence-corrected chi connectivity index (χ1v) is 7.02. The first-order chi connectivity index (χ1) is 9.51. The number of hydrogen-bond acceptors (Lipinski definition) is 3. The normalized spacial score (nSPS) is 18.4. The van der Waals surface area contributed by atoms with E-state index < -0.39 is 0 Å². The van der Waals surface area contributed by atoms with Gasteiger partial charge in [0.05, 0.1) is 6.10 Å².